The molecule has 10 heteroatoms. The van der Waals surface area contributed by atoms with Gasteiger partial charge in [0, 0.05) is 19.0 Å². The first-order chi connectivity index (χ1) is 10.4. The zero-order chi connectivity index (χ0) is 16.0. The lowest BCUT2D eigenvalue weighted by Crippen LogP contribution is -2.12. The van der Waals surface area contributed by atoms with Crippen LogP contribution in [-0.4, -0.2) is 26.0 Å². The Bertz CT molecular complexity index is 615. The molecule has 7 nitrogen and oxygen atoms in total. The van der Waals surface area contributed by atoms with Crippen molar-refractivity contribution in [1.29, 1.82) is 0 Å². The average Bonchev–Trinajstić information content (AvgIpc) is 2.94. The van der Waals surface area contributed by atoms with E-state index >= 15 is 0 Å². The van der Waals surface area contributed by atoms with Crippen molar-refractivity contribution < 1.29 is 22.5 Å². The van der Waals surface area contributed by atoms with Crippen LogP contribution in [0.25, 0.3) is 0 Å². The summed E-state index contributed by atoms with van der Waals surface area (Å²) in [4.78, 5) is 22.4. The lowest BCUT2D eigenvalue weighted by Gasteiger charge is -2.02. The van der Waals surface area contributed by atoms with Crippen molar-refractivity contribution in [2.75, 3.05) is 5.32 Å². The zero-order valence-corrected chi connectivity index (χ0v) is 11.3. The van der Waals surface area contributed by atoms with E-state index in [1.807, 2.05) is 0 Å². The summed E-state index contributed by atoms with van der Waals surface area (Å²) in [5.74, 6) is -1.22. The SMILES string of the molecule is O=C(CCCCc1noc(C(F)(F)F)n1)Nc1ccncn1. The van der Waals surface area contributed by atoms with E-state index in [1.54, 1.807) is 6.07 Å². The molecule has 2 heterocycles. The van der Waals surface area contributed by atoms with Crippen LogP contribution in [0, 0.1) is 0 Å². The summed E-state index contributed by atoms with van der Waals surface area (Å²) < 4.78 is 40.8. The second-order valence-electron chi connectivity index (χ2n) is 4.36. The van der Waals surface area contributed by atoms with Crippen LogP contribution in [0.15, 0.2) is 23.1 Å². The molecule has 0 spiro atoms. The summed E-state index contributed by atoms with van der Waals surface area (Å²) in [6, 6.07) is 1.55. The minimum Gasteiger partial charge on any atom is -0.329 e. The molecule has 0 saturated heterocycles. The second kappa shape index (κ2) is 6.96. The number of alkyl halides is 3. The summed E-state index contributed by atoms with van der Waals surface area (Å²) in [7, 11) is 0. The van der Waals surface area contributed by atoms with Crippen molar-refractivity contribution in [1.82, 2.24) is 20.1 Å². The maximum atomic E-state index is 12.2. The number of hydrogen-bond acceptors (Lipinski definition) is 6. The number of aryl methyl sites for hydroxylation is 1. The number of carbonyl (C=O) groups is 1. The highest BCUT2D eigenvalue weighted by Crippen LogP contribution is 2.27. The fourth-order valence-corrected chi connectivity index (χ4v) is 1.61. The Balaban J connectivity index is 1.69. The number of nitrogens with zero attached hydrogens (tertiary/aromatic N) is 4. The summed E-state index contributed by atoms with van der Waals surface area (Å²) in [5, 5.41) is 5.82. The van der Waals surface area contributed by atoms with Crippen LogP contribution in [0.4, 0.5) is 19.0 Å². The monoisotopic (exact) mass is 315 g/mol. The molecule has 118 valence electrons. The predicted octanol–water partition coefficient (Wildman–Crippen LogP) is 2.23. The molecule has 2 rings (SSSR count). The predicted molar refractivity (Wildman–Crippen MR) is 67.5 cm³/mol. The normalized spacial score (nSPS) is 11.4. The van der Waals surface area contributed by atoms with Crippen molar-refractivity contribution >= 4 is 11.7 Å². The fraction of sp³-hybridized carbons (Fsp3) is 0.417. The number of halogens is 3. The number of anilines is 1. The summed E-state index contributed by atoms with van der Waals surface area (Å²) >= 11 is 0. The third-order valence-corrected chi connectivity index (χ3v) is 2.61. The molecule has 2 aromatic rings. The van der Waals surface area contributed by atoms with Crippen molar-refractivity contribution in [3.8, 4) is 0 Å². The van der Waals surface area contributed by atoms with Crippen LogP contribution < -0.4 is 5.32 Å². The summed E-state index contributed by atoms with van der Waals surface area (Å²) in [5.41, 5.74) is 0. The number of unbranched alkanes of at least 4 members (excludes halogenated alkanes) is 1. The van der Waals surface area contributed by atoms with Crippen LogP contribution in [0.3, 0.4) is 0 Å². The van der Waals surface area contributed by atoms with Crippen LogP contribution in [0.1, 0.15) is 31.0 Å². The van der Waals surface area contributed by atoms with Gasteiger partial charge < -0.3 is 9.84 Å². The van der Waals surface area contributed by atoms with Gasteiger partial charge in [0.25, 0.3) is 0 Å². The van der Waals surface area contributed by atoms with E-state index in [1.165, 1.54) is 12.5 Å². The summed E-state index contributed by atoms with van der Waals surface area (Å²) in [6.45, 7) is 0. The Morgan fingerprint density at radius 1 is 1.32 bits per heavy atom. The lowest BCUT2D eigenvalue weighted by atomic mass is 10.2. The largest absolute Gasteiger partial charge is 0.471 e. The van der Waals surface area contributed by atoms with Crippen molar-refractivity contribution in [2.45, 2.75) is 31.9 Å². The van der Waals surface area contributed by atoms with Crippen LogP contribution in [0.5, 0.6) is 0 Å². The number of carbonyl (C=O) groups excluding carboxylic acids is 1. The van der Waals surface area contributed by atoms with Gasteiger partial charge in [0.15, 0.2) is 5.82 Å². The third kappa shape index (κ3) is 4.79. The minimum absolute atomic E-state index is 0.0245. The number of aromatic nitrogens is 4. The third-order valence-electron chi connectivity index (χ3n) is 2.61. The van der Waals surface area contributed by atoms with Crippen molar-refractivity contribution in [3.63, 3.8) is 0 Å². The Morgan fingerprint density at radius 3 is 2.77 bits per heavy atom. The van der Waals surface area contributed by atoms with E-state index in [0.717, 1.165) is 0 Å². The molecule has 1 amide bonds. The maximum absolute atomic E-state index is 12.2. The van der Waals surface area contributed by atoms with Gasteiger partial charge in [-0.1, -0.05) is 5.16 Å². The standard InChI is InChI=1S/C12H12F3N5O2/c13-12(14,15)11-19-9(20-22-11)3-1-2-4-10(21)18-8-5-6-16-7-17-8/h5-7H,1-4H2,(H,16,17,18,21). The lowest BCUT2D eigenvalue weighted by molar-refractivity contribution is -0.159. The van der Waals surface area contributed by atoms with E-state index < -0.39 is 12.1 Å². The van der Waals surface area contributed by atoms with E-state index in [9.17, 15) is 18.0 Å². The Morgan fingerprint density at radius 2 is 2.14 bits per heavy atom. The molecule has 0 aliphatic heterocycles. The Hall–Kier alpha value is -2.52. The molecule has 1 N–H and O–H groups in total. The fourth-order valence-electron chi connectivity index (χ4n) is 1.61. The smallest absolute Gasteiger partial charge is 0.329 e. The van der Waals surface area contributed by atoms with Crippen molar-refractivity contribution in [2.24, 2.45) is 0 Å². The van der Waals surface area contributed by atoms with Crippen LogP contribution in [0.2, 0.25) is 0 Å². The van der Waals surface area contributed by atoms with Crippen LogP contribution in [-0.2, 0) is 17.4 Å². The van der Waals surface area contributed by atoms with Crippen molar-refractivity contribution in [3.05, 3.63) is 30.3 Å². The van der Waals surface area contributed by atoms with Gasteiger partial charge in [0.1, 0.15) is 12.1 Å². The first kappa shape index (κ1) is 15.9. The molecule has 0 aromatic carbocycles. The van der Waals surface area contributed by atoms with Crippen LogP contribution >= 0.6 is 0 Å². The first-order valence-electron chi connectivity index (χ1n) is 6.41. The highest BCUT2D eigenvalue weighted by atomic mass is 19.4. The van der Waals surface area contributed by atoms with Gasteiger partial charge in [-0.2, -0.15) is 18.2 Å². The maximum Gasteiger partial charge on any atom is 0.471 e. The topological polar surface area (TPSA) is 93.8 Å². The first-order valence-corrected chi connectivity index (χ1v) is 6.41. The van der Waals surface area contributed by atoms with E-state index in [2.05, 4.69) is 29.9 Å². The quantitative estimate of drug-likeness (QED) is 0.822. The van der Waals surface area contributed by atoms with E-state index in [-0.39, 0.29) is 24.6 Å². The Kier molecular flexibility index (Phi) is 5.02. The average molecular weight is 315 g/mol. The number of rotatable bonds is 6. The van der Waals surface area contributed by atoms with Gasteiger partial charge >= 0.3 is 12.1 Å². The minimum atomic E-state index is -4.64. The molecule has 0 radical (unpaired) electrons. The molecule has 0 fully saturated rings. The highest BCUT2D eigenvalue weighted by Gasteiger charge is 2.38. The van der Waals surface area contributed by atoms with Gasteiger partial charge in [-0.3, -0.25) is 4.79 Å². The summed E-state index contributed by atoms with van der Waals surface area (Å²) in [6.07, 6.45) is -0.459. The van der Waals surface area contributed by atoms with E-state index in [4.69, 9.17) is 0 Å². The van der Waals surface area contributed by atoms with Gasteiger partial charge in [-0.15, -0.1) is 0 Å². The molecular formula is C12H12F3N5O2. The Labute approximate surface area is 123 Å². The molecule has 0 unspecified atom stereocenters. The molecule has 0 saturated carbocycles. The highest BCUT2D eigenvalue weighted by molar-refractivity contribution is 5.89. The molecule has 0 bridgehead atoms. The van der Waals surface area contributed by atoms with Gasteiger partial charge in [0.05, 0.1) is 0 Å². The molecule has 22 heavy (non-hydrogen) atoms. The molecule has 0 atom stereocenters. The van der Waals surface area contributed by atoms with Gasteiger partial charge in [-0.05, 0) is 18.9 Å². The van der Waals surface area contributed by atoms with E-state index in [0.29, 0.717) is 18.7 Å². The molecule has 2 aromatic heterocycles. The van der Waals surface area contributed by atoms with Gasteiger partial charge in [0.2, 0.25) is 5.91 Å². The molecular weight excluding hydrogens is 303 g/mol. The second-order valence-corrected chi connectivity index (χ2v) is 4.36. The molecule has 0 aliphatic carbocycles. The van der Waals surface area contributed by atoms with Gasteiger partial charge in [-0.25, -0.2) is 9.97 Å². The zero-order valence-electron chi connectivity index (χ0n) is 11.3. The molecule has 0 aliphatic rings. The number of amides is 1. The number of nitrogens with one attached hydrogen (secondary N) is 1. The number of hydrogen-bond donors (Lipinski definition) is 1.